The molecule has 10 heteroatoms. The Hall–Kier alpha value is -0.800. The fourth-order valence-electron chi connectivity index (χ4n) is 6.75. The number of hydrogen-bond donors (Lipinski definition) is 0. The monoisotopic (exact) mass is 831 g/mol. The lowest BCUT2D eigenvalue weighted by atomic mass is 10.0. The van der Waals surface area contributed by atoms with Crippen molar-refractivity contribution in [1.29, 1.82) is 0 Å². The van der Waals surface area contributed by atoms with Crippen LogP contribution in [0, 0.1) is 6.92 Å². The zero-order chi connectivity index (χ0) is 40.7. The molecule has 0 unspecified atom stereocenters. The number of aryl methyl sites for hydroxylation is 1. The number of unbranched alkanes of at least 4 members (excludes halogenated alkanes) is 26. The van der Waals surface area contributed by atoms with Crippen LogP contribution < -0.4 is 0 Å². The van der Waals surface area contributed by atoms with Gasteiger partial charge in [-0.25, -0.2) is 0 Å². The summed E-state index contributed by atoms with van der Waals surface area (Å²) in [6.07, 6.45) is 37.4. The van der Waals surface area contributed by atoms with E-state index in [-0.39, 0.29) is 18.1 Å². The fourth-order valence-corrected chi connectivity index (χ4v) is 9.46. The third-order valence-electron chi connectivity index (χ3n) is 10.4. The topological polar surface area (TPSA) is 97.4 Å². The van der Waals surface area contributed by atoms with Crippen molar-refractivity contribution in [2.24, 2.45) is 0 Å². The summed E-state index contributed by atoms with van der Waals surface area (Å²) in [7, 11) is -7.96. The number of benzene rings is 1. The van der Waals surface area contributed by atoms with Crippen molar-refractivity contribution < 1.29 is 35.7 Å². The maximum absolute atomic E-state index is 13.6. The first-order valence-corrected chi connectivity index (χ1v) is 26.5. The summed E-state index contributed by atoms with van der Waals surface area (Å²) < 4.78 is 67.3. The van der Waals surface area contributed by atoms with Gasteiger partial charge in [-0.3, -0.25) is 8.75 Å². The van der Waals surface area contributed by atoms with E-state index in [2.05, 4.69) is 13.8 Å². The van der Waals surface area contributed by atoms with Crippen LogP contribution in [0.25, 0.3) is 0 Å². The molecule has 0 atom stereocenters. The van der Waals surface area contributed by atoms with Gasteiger partial charge in [0.05, 0.1) is 18.1 Å². The molecule has 0 radical (unpaired) electrons. The molecule has 1 rings (SSSR count). The number of rotatable bonds is 44. The number of hydrogen-bond acceptors (Lipinski definition) is 8. The van der Waals surface area contributed by atoms with E-state index in [1.807, 2.05) is 6.92 Å². The Morgan fingerprint density at radius 2 is 0.732 bits per heavy atom. The van der Waals surface area contributed by atoms with E-state index in [9.17, 15) is 13.0 Å². The van der Waals surface area contributed by atoms with Gasteiger partial charge in [0.25, 0.3) is 10.1 Å². The lowest BCUT2D eigenvalue weighted by Crippen LogP contribution is -2.12. The normalized spacial score (nSPS) is 12.2. The lowest BCUT2D eigenvalue weighted by Gasteiger charge is -2.19. The van der Waals surface area contributed by atoms with Crippen molar-refractivity contribution in [2.45, 2.75) is 218 Å². The van der Waals surface area contributed by atoms with E-state index in [0.29, 0.717) is 39.3 Å². The Morgan fingerprint density at radius 1 is 0.429 bits per heavy atom. The average Bonchev–Trinajstić information content (AvgIpc) is 3.19. The van der Waals surface area contributed by atoms with Crippen LogP contribution in [0.2, 0.25) is 0 Å². The van der Waals surface area contributed by atoms with Gasteiger partial charge in [-0.1, -0.05) is 198 Å². The molecule has 1 aromatic rings. The molecule has 0 bridgehead atoms. The summed E-state index contributed by atoms with van der Waals surface area (Å²) in [6.45, 7) is 9.02. The van der Waals surface area contributed by atoms with E-state index in [1.54, 1.807) is 12.1 Å². The molecule has 8 nitrogen and oxygen atoms in total. The van der Waals surface area contributed by atoms with Gasteiger partial charge in [0.15, 0.2) is 6.35 Å². The molecule has 0 N–H and O–H groups in total. The highest BCUT2D eigenvalue weighted by molar-refractivity contribution is 7.87. The van der Waals surface area contributed by atoms with Crippen LogP contribution in [0.4, 0.5) is 0 Å². The van der Waals surface area contributed by atoms with Crippen molar-refractivity contribution in [2.75, 3.05) is 46.0 Å². The predicted octanol–water partition coefficient (Wildman–Crippen LogP) is 14.7. The van der Waals surface area contributed by atoms with Crippen LogP contribution in [0.5, 0.6) is 0 Å². The van der Waals surface area contributed by atoms with Gasteiger partial charge >= 0.3 is 7.60 Å². The summed E-state index contributed by atoms with van der Waals surface area (Å²) in [6, 6.07) is 6.34. The number of ether oxygens (including phenoxy) is 2. The van der Waals surface area contributed by atoms with E-state index in [0.717, 1.165) is 18.4 Å². The molecule has 0 saturated heterocycles. The molecule has 56 heavy (non-hydrogen) atoms. The molecule has 0 aliphatic heterocycles. The standard InChI is InChI=1S/C46H87O8PS/c1-4-6-8-10-12-14-16-18-20-22-24-26-28-30-38-50-40-32-42-52-55(47,44-54-56(48,49)46-36-34-45(3)35-37-46)53-43-33-41-51-39-31-29-27-25-23-21-19-17-15-13-11-9-7-5-2/h34-37H,4-33,38-44H2,1-3H3. The van der Waals surface area contributed by atoms with Gasteiger partial charge in [0, 0.05) is 26.4 Å². The van der Waals surface area contributed by atoms with Crippen LogP contribution in [0.3, 0.4) is 0 Å². The van der Waals surface area contributed by atoms with Gasteiger partial charge < -0.3 is 18.5 Å². The second kappa shape index (κ2) is 38.4. The molecule has 0 spiro atoms. The Bertz CT molecular complexity index is 1080. The third kappa shape index (κ3) is 33.1. The molecule has 0 aliphatic carbocycles. The zero-order valence-electron chi connectivity index (χ0n) is 36.6. The van der Waals surface area contributed by atoms with Gasteiger partial charge in [-0.2, -0.15) is 8.42 Å². The van der Waals surface area contributed by atoms with E-state index in [1.165, 1.54) is 179 Å². The largest absolute Gasteiger partial charge is 0.381 e. The molecular weight excluding hydrogens is 744 g/mol. The first-order valence-electron chi connectivity index (χ1n) is 23.3. The van der Waals surface area contributed by atoms with Crippen molar-refractivity contribution in [1.82, 2.24) is 0 Å². The molecule has 0 aliphatic rings. The van der Waals surface area contributed by atoms with E-state index in [4.69, 9.17) is 22.7 Å². The summed E-state index contributed by atoms with van der Waals surface area (Å²) in [5, 5.41) is 0. The molecule has 0 heterocycles. The van der Waals surface area contributed by atoms with Crippen molar-refractivity contribution in [3.63, 3.8) is 0 Å². The summed E-state index contributed by atoms with van der Waals surface area (Å²) in [4.78, 5) is 0.00319. The van der Waals surface area contributed by atoms with E-state index < -0.39 is 24.1 Å². The van der Waals surface area contributed by atoms with Crippen molar-refractivity contribution >= 4 is 17.7 Å². The smallest absolute Gasteiger partial charge is 0.357 e. The van der Waals surface area contributed by atoms with Crippen LogP contribution in [0.15, 0.2) is 29.2 Å². The first-order chi connectivity index (χ1) is 27.3. The maximum Gasteiger partial charge on any atom is 0.357 e. The van der Waals surface area contributed by atoms with Crippen LogP contribution >= 0.6 is 7.60 Å². The molecule has 0 fully saturated rings. The van der Waals surface area contributed by atoms with Gasteiger partial charge in [0.1, 0.15) is 0 Å². The van der Waals surface area contributed by atoms with Gasteiger partial charge in [-0.05, 0) is 44.7 Å². The molecular formula is C46H87O8PS. The average molecular weight is 831 g/mol. The molecule has 0 amide bonds. The highest BCUT2D eigenvalue weighted by Crippen LogP contribution is 2.49. The Morgan fingerprint density at radius 3 is 1.07 bits per heavy atom. The summed E-state index contributed by atoms with van der Waals surface area (Å²) in [5.74, 6) is 0. The van der Waals surface area contributed by atoms with E-state index >= 15 is 0 Å². The SMILES string of the molecule is CCCCCCCCCCCCCCCCOCCCOP(=O)(COS(=O)(=O)c1ccc(C)cc1)OCCCOCCCCCCCCCCCCCCCC. The highest BCUT2D eigenvalue weighted by atomic mass is 32.2. The quantitative estimate of drug-likeness (QED) is 0.0364. The van der Waals surface area contributed by atoms with Gasteiger partial charge in [0.2, 0.25) is 0 Å². The van der Waals surface area contributed by atoms with Crippen LogP contribution in [-0.4, -0.2) is 54.4 Å². The molecule has 330 valence electrons. The van der Waals surface area contributed by atoms with Crippen molar-refractivity contribution in [3.8, 4) is 0 Å². The minimum Gasteiger partial charge on any atom is -0.381 e. The van der Waals surface area contributed by atoms with Crippen LogP contribution in [0.1, 0.15) is 212 Å². The maximum atomic E-state index is 13.6. The fraction of sp³-hybridized carbons (Fsp3) is 0.870. The Labute approximate surface area is 346 Å². The van der Waals surface area contributed by atoms with Crippen molar-refractivity contribution in [3.05, 3.63) is 29.8 Å². The summed E-state index contributed by atoms with van der Waals surface area (Å²) in [5.41, 5.74) is 0.930. The predicted molar refractivity (Wildman–Crippen MR) is 235 cm³/mol. The summed E-state index contributed by atoms with van der Waals surface area (Å²) >= 11 is 0. The Kier molecular flexibility index (Phi) is 36.5. The second-order valence-electron chi connectivity index (χ2n) is 15.9. The lowest BCUT2D eigenvalue weighted by molar-refractivity contribution is 0.0999. The molecule has 0 saturated carbocycles. The zero-order valence-corrected chi connectivity index (χ0v) is 38.3. The highest BCUT2D eigenvalue weighted by Gasteiger charge is 2.29. The first kappa shape index (κ1) is 53.2. The van der Waals surface area contributed by atoms with Crippen LogP contribution in [-0.2, 0) is 37.4 Å². The Balaban J connectivity index is 2.19. The van der Waals surface area contributed by atoms with Gasteiger partial charge in [-0.15, -0.1) is 0 Å². The minimum absolute atomic E-state index is 0.00319. The third-order valence-corrected chi connectivity index (χ3v) is 13.5. The second-order valence-corrected chi connectivity index (χ2v) is 19.5. The molecule has 0 aromatic heterocycles. The minimum atomic E-state index is -4.12. The molecule has 1 aromatic carbocycles.